The Balaban J connectivity index is 2.00. The molecular formula is C21H30O2. The highest BCUT2D eigenvalue weighted by atomic mass is 16.3. The Morgan fingerprint density at radius 2 is 1.35 bits per heavy atom. The highest BCUT2D eigenvalue weighted by molar-refractivity contribution is 5.73. The predicted molar refractivity (Wildman–Crippen MR) is 95.2 cm³/mol. The van der Waals surface area contributed by atoms with Crippen molar-refractivity contribution in [2.75, 3.05) is 0 Å². The van der Waals surface area contributed by atoms with Gasteiger partial charge in [-0.1, -0.05) is 68.4 Å². The van der Waals surface area contributed by atoms with Crippen molar-refractivity contribution in [3.63, 3.8) is 0 Å². The van der Waals surface area contributed by atoms with Crippen molar-refractivity contribution in [1.82, 2.24) is 0 Å². The van der Waals surface area contributed by atoms with E-state index in [0.717, 1.165) is 62.5 Å². The van der Waals surface area contributed by atoms with Crippen LogP contribution in [0.25, 0.3) is 5.57 Å². The maximum absolute atomic E-state index is 11.3. The Morgan fingerprint density at radius 3 is 1.91 bits per heavy atom. The molecule has 0 aliphatic heterocycles. The second-order valence-corrected chi connectivity index (χ2v) is 7.68. The Labute approximate surface area is 140 Å². The van der Waals surface area contributed by atoms with Crippen molar-refractivity contribution >= 4 is 5.57 Å². The van der Waals surface area contributed by atoms with E-state index in [-0.39, 0.29) is 0 Å². The number of aliphatic hydroxyl groups is 2. The number of hydrogen-bond acceptors (Lipinski definition) is 2. The van der Waals surface area contributed by atoms with E-state index in [1.54, 1.807) is 0 Å². The molecule has 1 aromatic carbocycles. The zero-order valence-corrected chi connectivity index (χ0v) is 14.4. The summed E-state index contributed by atoms with van der Waals surface area (Å²) in [6, 6.07) is 8.39. The van der Waals surface area contributed by atoms with Gasteiger partial charge in [-0.05, 0) is 49.8 Å². The second kappa shape index (κ2) is 6.78. The van der Waals surface area contributed by atoms with Gasteiger partial charge in [0.2, 0.25) is 0 Å². The van der Waals surface area contributed by atoms with Crippen molar-refractivity contribution in [1.29, 1.82) is 0 Å². The maximum atomic E-state index is 11.3. The first-order chi connectivity index (χ1) is 11.0. The number of benzene rings is 1. The van der Waals surface area contributed by atoms with Gasteiger partial charge in [-0.3, -0.25) is 0 Å². The van der Waals surface area contributed by atoms with Gasteiger partial charge in [-0.25, -0.2) is 0 Å². The summed E-state index contributed by atoms with van der Waals surface area (Å²) in [7, 11) is 0. The van der Waals surface area contributed by atoms with E-state index in [9.17, 15) is 10.2 Å². The molecule has 126 valence electrons. The third-order valence-corrected chi connectivity index (χ3v) is 5.68. The molecule has 23 heavy (non-hydrogen) atoms. The smallest absolute Gasteiger partial charge is 0.0900 e. The molecule has 2 aliphatic carbocycles. The van der Waals surface area contributed by atoms with Crippen LogP contribution in [0.2, 0.25) is 0 Å². The molecule has 0 amide bonds. The molecule has 0 bridgehead atoms. The molecule has 0 saturated heterocycles. The standard InChI is InChI=1S/C21H30O2/c1-17-8-10-18(11-9-17)19(21(23)14-6-3-7-15-21)16-20(22)12-4-2-5-13-20/h8-11,16,22-23H,2-7,12-15H2,1H3/b19-16+. The summed E-state index contributed by atoms with van der Waals surface area (Å²) in [4.78, 5) is 0. The summed E-state index contributed by atoms with van der Waals surface area (Å²) < 4.78 is 0. The molecule has 2 N–H and O–H groups in total. The van der Waals surface area contributed by atoms with Crippen LogP contribution < -0.4 is 0 Å². The first kappa shape index (κ1) is 16.7. The molecule has 2 aliphatic rings. The quantitative estimate of drug-likeness (QED) is 0.844. The van der Waals surface area contributed by atoms with E-state index in [4.69, 9.17) is 0 Å². The average molecular weight is 314 g/mol. The van der Waals surface area contributed by atoms with Crippen LogP contribution in [0.3, 0.4) is 0 Å². The molecule has 2 nitrogen and oxygen atoms in total. The summed E-state index contributed by atoms with van der Waals surface area (Å²) in [5, 5.41) is 22.3. The van der Waals surface area contributed by atoms with Crippen LogP contribution in [0, 0.1) is 6.92 Å². The van der Waals surface area contributed by atoms with Crippen LogP contribution in [0.15, 0.2) is 30.3 Å². The second-order valence-electron chi connectivity index (χ2n) is 7.68. The van der Waals surface area contributed by atoms with Gasteiger partial charge in [0.05, 0.1) is 11.2 Å². The molecule has 0 aromatic heterocycles. The minimum absolute atomic E-state index is 0.744. The zero-order valence-electron chi connectivity index (χ0n) is 14.4. The normalized spacial score (nSPS) is 24.4. The van der Waals surface area contributed by atoms with Gasteiger partial charge < -0.3 is 10.2 Å². The first-order valence-electron chi connectivity index (χ1n) is 9.26. The molecule has 3 rings (SSSR count). The summed E-state index contributed by atoms with van der Waals surface area (Å²) in [5.41, 5.74) is 1.73. The predicted octanol–water partition coefficient (Wildman–Crippen LogP) is 4.77. The van der Waals surface area contributed by atoms with Crippen LogP contribution in [-0.4, -0.2) is 21.4 Å². The van der Waals surface area contributed by atoms with Gasteiger partial charge in [0.25, 0.3) is 0 Å². The van der Waals surface area contributed by atoms with Crippen molar-refractivity contribution in [3.8, 4) is 0 Å². The summed E-state index contributed by atoms with van der Waals surface area (Å²) >= 11 is 0. The summed E-state index contributed by atoms with van der Waals surface area (Å²) in [6.45, 7) is 2.08. The van der Waals surface area contributed by atoms with Crippen LogP contribution in [0.5, 0.6) is 0 Å². The van der Waals surface area contributed by atoms with Gasteiger partial charge in [-0.15, -0.1) is 0 Å². The molecule has 0 atom stereocenters. The van der Waals surface area contributed by atoms with E-state index < -0.39 is 11.2 Å². The van der Waals surface area contributed by atoms with Crippen molar-refractivity contribution in [2.24, 2.45) is 0 Å². The number of hydrogen-bond donors (Lipinski definition) is 2. The molecule has 2 saturated carbocycles. The molecule has 0 spiro atoms. The van der Waals surface area contributed by atoms with Gasteiger partial charge in [-0.2, -0.15) is 0 Å². The van der Waals surface area contributed by atoms with E-state index in [2.05, 4.69) is 31.2 Å². The molecule has 0 unspecified atom stereocenters. The lowest BCUT2D eigenvalue weighted by atomic mass is 9.73. The Kier molecular flexibility index (Phi) is 4.93. The topological polar surface area (TPSA) is 40.5 Å². The summed E-state index contributed by atoms with van der Waals surface area (Å²) in [5.74, 6) is 0. The van der Waals surface area contributed by atoms with Gasteiger partial charge in [0.15, 0.2) is 0 Å². The zero-order chi connectivity index (χ0) is 16.3. The monoisotopic (exact) mass is 314 g/mol. The van der Waals surface area contributed by atoms with Crippen LogP contribution in [-0.2, 0) is 0 Å². The molecule has 0 radical (unpaired) electrons. The largest absolute Gasteiger partial charge is 0.386 e. The van der Waals surface area contributed by atoms with E-state index in [0.29, 0.717) is 0 Å². The van der Waals surface area contributed by atoms with Gasteiger partial charge in [0.1, 0.15) is 0 Å². The van der Waals surface area contributed by atoms with Gasteiger partial charge in [0, 0.05) is 0 Å². The highest BCUT2D eigenvalue weighted by Crippen LogP contribution is 2.42. The van der Waals surface area contributed by atoms with E-state index in [1.807, 2.05) is 6.08 Å². The average Bonchev–Trinajstić information content (AvgIpc) is 2.55. The Hall–Kier alpha value is -1.12. The lowest BCUT2D eigenvalue weighted by molar-refractivity contribution is 0.0410. The van der Waals surface area contributed by atoms with E-state index >= 15 is 0 Å². The SMILES string of the molecule is Cc1ccc(/C(=C\C2(O)CCCCC2)C2(O)CCCCC2)cc1. The van der Waals surface area contributed by atoms with Crippen molar-refractivity contribution in [2.45, 2.75) is 82.3 Å². The Morgan fingerprint density at radius 1 is 0.826 bits per heavy atom. The molecule has 2 heteroatoms. The highest BCUT2D eigenvalue weighted by Gasteiger charge is 2.37. The Bertz CT molecular complexity index is 544. The fourth-order valence-electron chi connectivity index (χ4n) is 4.20. The van der Waals surface area contributed by atoms with Gasteiger partial charge >= 0.3 is 0 Å². The molecule has 2 fully saturated rings. The fraction of sp³-hybridized carbons (Fsp3) is 0.619. The molecular weight excluding hydrogens is 284 g/mol. The maximum Gasteiger partial charge on any atom is 0.0900 e. The minimum atomic E-state index is -0.777. The minimum Gasteiger partial charge on any atom is -0.386 e. The van der Waals surface area contributed by atoms with Crippen molar-refractivity contribution in [3.05, 3.63) is 41.5 Å². The summed E-state index contributed by atoms with van der Waals surface area (Å²) in [6.07, 6.45) is 12.0. The lowest BCUT2D eigenvalue weighted by Gasteiger charge is -2.38. The number of aryl methyl sites for hydroxylation is 1. The van der Waals surface area contributed by atoms with Crippen molar-refractivity contribution < 1.29 is 10.2 Å². The fourth-order valence-corrected chi connectivity index (χ4v) is 4.20. The van der Waals surface area contributed by atoms with Crippen LogP contribution in [0.1, 0.15) is 75.3 Å². The number of rotatable bonds is 3. The van der Waals surface area contributed by atoms with Crippen LogP contribution in [0.4, 0.5) is 0 Å². The first-order valence-corrected chi connectivity index (χ1v) is 9.26. The van der Waals surface area contributed by atoms with E-state index in [1.165, 1.54) is 18.4 Å². The molecule has 0 heterocycles. The molecule has 1 aromatic rings. The van der Waals surface area contributed by atoms with Crippen LogP contribution >= 0.6 is 0 Å². The third kappa shape index (κ3) is 3.87. The lowest BCUT2D eigenvalue weighted by Crippen LogP contribution is -2.36. The third-order valence-electron chi connectivity index (χ3n) is 5.68.